The highest BCUT2D eigenvalue weighted by atomic mass is 35.5. The largest absolute Gasteiger partial charge is 0.469 e. The quantitative estimate of drug-likeness (QED) is 0.594. The van der Waals surface area contributed by atoms with Crippen molar-refractivity contribution in [3.05, 3.63) is 46.3 Å². The van der Waals surface area contributed by atoms with Crippen LogP contribution in [0.15, 0.2) is 24.8 Å². The number of benzene rings is 1. The summed E-state index contributed by atoms with van der Waals surface area (Å²) in [7, 11) is 1.53. The molecular formula is C14H9Cl3FN3O. The lowest BCUT2D eigenvalue weighted by Gasteiger charge is -2.12. The van der Waals surface area contributed by atoms with Gasteiger partial charge in [-0.05, 0) is 18.2 Å². The normalized spacial score (nSPS) is 11.8. The Morgan fingerprint density at radius 2 is 2.18 bits per heavy atom. The average molecular weight is 361 g/mol. The first-order valence-corrected chi connectivity index (χ1v) is 7.13. The van der Waals surface area contributed by atoms with Gasteiger partial charge in [-0.25, -0.2) is 4.39 Å². The average Bonchev–Trinajstić information content (AvgIpc) is 2.76. The van der Waals surface area contributed by atoms with E-state index in [1.807, 2.05) is 6.07 Å². The van der Waals surface area contributed by atoms with Gasteiger partial charge in [0.15, 0.2) is 11.3 Å². The van der Waals surface area contributed by atoms with Crippen molar-refractivity contribution in [1.82, 2.24) is 9.78 Å². The highest BCUT2D eigenvalue weighted by molar-refractivity contribution is 6.34. The molecule has 114 valence electrons. The van der Waals surface area contributed by atoms with Crippen LogP contribution < -0.4 is 4.74 Å². The summed E-state index contributed by atoms with van der Waals surface area (Å²) in [6.45, 7) is 3.48. The van der Waals surface area contributed by atoms with Crippen LogP contribution in [0.5, 0.6) is 5.75 Å². The molecule has 4 nitrogen and oxygen atoms in total. The highest BCUT2D eigenvalue weighted by Gasteiger charge is 2.21. The third-order valence-electron chi connectivity index (χ3n) is 2.80. The minimum Gasteiger partial charge on any atom is -0.469 e. The first kappa shape index (κ1) is 16.6. The summed E-state index contributed by atoms with van der Waals surface area (Å²) in [6, 6.07) is 4.29. The van der Waals surface area contributed by atoms with E-state index in [-0.39, 0.29) is 32.7 Å². The molecule has 0 fully saturated rings. The SMILES string of the molecule is C=CC(Cl)Oc1cc(-c2nn(C)c(C#N)c2Cl)c(F)cc1Cl. The number of aromatic nitrogens is 2. The molecule has 0 spiro atoms. The van der Waals surface area contributed by atoms with Crippen molar-refractivity contribution in [3.8, 4) is 23.1 Å². The first-order valence-electron chi connectivity index (χ1n) is 5.94. The van der Waals surface area contributed by atoms with Crippen LogP contribution in [0.25, 0.3) is 11.3 Å². The molecule has 0 saturated heterocycles. The highest BCUT2D eigenvalue weighted by Crippen LogP contribution is 2.37. The Balaban J connectivity index is 2.59. The van der Waals surface area contributed by atoms with Crippen LogP contribution in [0.1, 0.15) is 5.69 Å². The van der Waals surface area contributed by atoms with E-state index in [0.29, 0.717) is 0 Å². The van der Waals surface area contributed by atoms with Crippen molar-refractivity contribution in [3.63, 3.8) is 0 Å². The lowest BCUT2D eigenvalue weighted by atomic mass is 10.1. The Kier molecular flexibility index (Phi) is 4.97. The van der Waals surface area contributed by atoms with Gasteiger partial charge in [-0.2, -0.15) is 10.4 Å². The van der Waals surface area contributed by atoms with Gasteiger partial charge in [0.2, 0.25) is 0 Å². The molecule has 1 heterocycles. The number of hydrogen-bond acceptors (Lipinski definition) is 3. The molecule has 1 atom stereocenters. The molecule has 1 aromatic carbocycles. The second-order valence-electron chi connectivity index (χ2n) is 4.21. The predicted octanol–water partition coefficient (Wildman–Crippen LogP) is 4.53. The molecule has 0 N–H and O–H groups in total. The van der Waals surface area contributed by atoms with Gasteiger partial charge in [-0.3, -0.25) is 4.68 Å². The maximum Gasteiger partial charge on any atom is 0.190 e. The van der Waals surface area contributed by atoms with Crippen LogP contribution >= 0.6 is 34.8 Å². The lowest BCUT2D eigenvalue weighted by molar-refractivity contribution is 0.326. The summed E-state index contributed by atoms with van der Waals surface area (Å²) in [5.74, 6) is -0.496. The minimum atomic E-state index is -0.829. The van der Waals surface area contributed by atoms with E-state index in [2.05, 4.69) is 11.7 Å². The lowest BCUT2D eigenvalue weighted by Crippen LogP contribution is -2.05. The Bertz CT molecular complexity index is 783. The number of nitrogens with zero attached hydrogens (tertiary/aromatic N) is 3. The van der Waals surface area contributed by atoms with E-state index in [1.165, 1.54) is 23.9 Å². The summed E-state index contributed by atoms with van der Waals surface area (Å²) in [6.07, 6.45) is 1.35. The van der Waals surface area contributed by atoms with Gasteiger partial charge >= 0.3 is 0 Å². The van der Waals surface area contributed by atoms with E-state index < -0.39 is 11.4 Å². The summed E-state index contributed by atoms with van der Waals surface area (Å²) in [4.78, 5) is 0. The van der Waals surface area contributed by atoms with Crippen molar-refractivity contribution in [1.29, 1.82) is 5.26 Å². The zero-order valence-electron chi connectivity index (χ0n) is 11.3. The predicted molar refractivity (Wildman–Crippen MR) is 83.8 cm³/mol. The standard InChI is InChI=1S/C14H9Cl3FN3O/c1-3-12(16)22-11-4-7(9(18)5-8(11)15)14-13(17)10(6-19)21(2)20-14/h3-5,12H,1H2,2H3. The van der Waals surface area contributed by atoms with Gasteiger partial charge in [0, 0.05) is 12.6 Å². The fourth-order valence-corrected chi connectivity index (χ4v) is 2.36. The molecule has 1 aromatic heterocycles. The molecule has 0 saturated carbocycles. The third kappa shape index (κ3) is 3.05. The van der Waals surface area contributed by atoms with Gasteiger partial charge < -0.3 is 4.74 Å². The summed E-state index contributed by atoms with van der Waals surface area (Å²) in [5.41, 5.74) is -0.543. The molecule has 0 aliphatic heterocycles. The number of hydrogen-bond donors (Lipinski definition) is 0. The zero-order chi connectivity index (χ0) is 16.4. The third-order valence-corrected chi connectivity index (χ3v) is 3.72. The van der Waals surface area contributed by atoms with Gasteiger partial charge in [-0.15, -0.1) is 0 Å². The topological polar surface area (TPSA) is 50.8 Å². The van der Waals surface area contributed by atoms with Crippen molar-refractivity contribution in [2.24, 2.45) is 7.05 Å². The number of halogens is 4. The Morgan fingerprint density at radius 1 is 1.50 bits per heavy atom. The fourth-order valence-electron chi connectivity index (χ4n) is 1.76. The molecular weight excluding hydrogens is 352 g/mol. The fraction of sp³-hybridized carbons (Fsp3) is 0.143. The molecule has 1 unspecified atom stereocenters. The molecule has 0 aliphatic carbocycles. The van der Waals surface area contributed by atoms with Crippen LogP contribution in [0.4, 0.5) is 4.39 Å². The van der Waals surface area contributed by atoms with Crippen molar-refractivity contribution in [2.45, 2.75) is 5.56 Å². The Morgan fingerprint density at radius 3 is 2.73 bits per heavy atom. The summed E-state index contributed by atoms with van der Waals surface area (Å²) < 4.78 is 20.8. The molecule has 2 aromatic rings. The number of aryl methyl sites for hydroxylation is 1. The van der Waals surface area contributed by atoms with E-state index >= 15 is 0 Å². The number of ether oxygens (including phenoxy) is 1. The van der Waals surface area contributed by atoms with E-state index in [9.17, 15) is 4.39 Å². The monoisotopic (exact) mass is 359 g/mol. The van der Waals surface area contributed by atoms with E-state index in [0.717, 1.165) is 6.07 Å². The molecule has 8 heteroatoms. The van der Waals surface area contributed by atoms with E-state index in [4.69, 9.17) is 44.8 Å². The van der Waals surface area contributed by atoms with Crippen LogP contribution in [0.3, 0.4) is 0 Å². The minimum absolute atomic E-state index is 0.0429. The smallest absolute Gasteiger partial charge is 0.190 e. The van der Waals surface area contributed by atoms with Crippen molar-refractivity contribution >= 4 is 34.8 Å². The first-order chi connectivity index (χ1) is 10.4. The Hall–Kier alpha value is -1.74. The van der Waals surface area contributed by atoms with Gasteiger partial charge in [-0.1, -0.05) is 41.4 Å². The van der Waals surface area contributed by atoms with Crippen molar-refractivity contribution < 1.29 is 9.13 Å². The van der Waals surface area contributed by atoms with Crippen LogP contribution in [-0.4, -0.2) is 15.3 Å². The number of alkyl halides is 1. The molecule has 0 bridgehead atoms. The molecule has 0 amide bonds. The summed E-state index contributed by atoms with van der Waals surface area (Å²) >= 11 is 17.8. The van der Waals surface area contributed by atoms with Gasteiger partial charge in [0.25, 0.3) is 0 Å². The van der Waals surface area contributed by atoms with E-state index in [1.54, 1.807) is 0 Å². The maximum absolute atomic E-state index is 14.2. The molecule has 22 heavy (non-hydrogen) atoms. The molecule has 2 rings (SSSR count). The second kappa shape index (κ2) is 6.57. The van der Waals surface area contributed by atoms with Gasteiger partial charge in [0.05, 0.1) is 5.02 Å². The Labute approximate surface area is 141 Å². The van der Waals surface area contributed by atoms with Crippen molar-refractivity contribution in [2.75, 3.05) is 0 Å². The van der Waals surface area contributed by atoms with Crippen LogP contribution in [0.2, 0.25) is 10.0 Å². The van der Waals surface area contributed by atoms with Crippen LogP contribution in [-0.2, 0) is 7.05 Å². The zero-order valence-corrected chi connectivity index (χ0v) is 13.5. The molecule has 0 aliphatic rings. The van der Waals surface area contributed by atoms with Crippen LogP contribution in [0, 0.1) is 17.1 Å². The number of nitriles is 1. The second-order valence-corrected chi connectivity index (χ2v) is 5.43. The number of rotatable bonds is 4. The molecule has 0 radical (unpaired) electrons. The summed E-state index contributed by atoms with van der Waals surface area (Å²) in [5, 5.41) is 13.2. The van der Waals surface area contributed by atoms with Gasteiger partial charge in [0.1, 0.15) is 28.4 Å². The maximum atomic E-state index is 14.2.